The molecule has 0 heterocycles. The van der Waals surface area contributed by atoms with Crippen molar-refractivity contribution in [2.45, 2.75) is 31.7 Å². The van der Waals surface area contributed by atoms with Crippen molar-refractivity contribution in [2.75, 3.05) is 13.7 Å². The van der Waals surface area contributed by atoms with Gasteiger partial charge in [-0.3, -0.25) is 4.79 Å². The number of ether oxygens (including phenoxy) is 2. The van der Waals surface area contributed by atoms with Crippen LogP contribution in [0.5, 0.6) is 11.5 Å². The van der Waals surface area contributed by atoms with Crippen LogP contribution in [0.1, 0.15) is 27.0 Å². The molecule has 0 radical (unpaired) electrons. The summed E-state index contributed by atoms with van der Waals surface area (Å²) in [6, 6.07) is 34.1. The molecular formula is C32H34N2O4. The van der Waals surface area contributed by atoms with Crippen LogP contribution in [0.4, 0.5) is 0 Å². The highest BCUT2D eigenvalue weighted by atomic mass is 16.5. The van der Waals surface area contributed by atoms with Gasteiger partial charge in [-0.15, -0.1) is 0 Å². The second-order valence-corrected chi connectivity index (χ2v) is 9.12. The van der Waals surface area contributed by atoms with Crippen molar-refractivity contribution < 1.29 is 19.4 Å². The van der Waals surface area contributed by atoms with E-state index in [2.05, 4.69) is 10.6 Å². The second-order valence-electron chi connectivity index (χ2n) is 9.12. The number of hydrogen-bond donors (Lipinski definition) is 3. The van der Waals surface area contributed by atoms with Gasteiger partial charge in [0.25, 0.3) is 5.91 Å². The molecule has 0 saturated carbocycles. The highest BCUT2D eigenvalue weighted by molar-refractivity contribution is 5.94. The molecule has 0 unspecified atom stereocenters. The smallest absolute Gasteiger partial charge is 0.251 e. The number of aliphatic hydroxyl groups is 1. The Morgan fingerprint density at radius 2 is 1.45 bits per heavy atom. The molecule has 4 aromatic carbocycles. The molecule has 196 valence electrons. The van der Waals surface area contributed by atoms with Crippen LogP contribution in [-0.2, 0) is 19.6 Å². The van der Waals surface area contributed by atoms with Crippen LogP contribution in [0.2, 0.25) is 0 Å². The number of nitrogens with one attached hydrogen (secondary N) is 2. The Morgan fingerprint density at radius 1 is 0.789 bits per heavy atom. The van der Waals surface area contributed by atoms with Crippen molar-refractivity contribution in [1.82, 2.24) is 10.6 Å². The SMILES string of the molecule is COc1cccc(CNC[C@@H](O)[C@H](Cc2ccccc2)NC(=O)c2ccc(OCc3ccccc3)cc2)c1. The van der Waals surface area contributed by atoms with Crippen molar-refractivity contribution >= 4 is 5.91 Å². The third-order valence-electron chi connectivity index (χ3n) is 6.26. The maximum Gasteiger partial charge on any atom is 0.251 e. The molecule has 38 heavy (non-hydrogen) atoms. The zero-order valence-corrected chi connectivity index (χ0v) is 21.5. The van der Waals surface area contributed by atoms with Crippen LogP contribution in [0.25, 0.3) is 0 Å². The quantitative estimate of drug-likeness (QED) is 0.242. The van der Waals surface area contributed by atoms with Gasteiger partial charge in [0, 0.05) is 18.7 Å². The van der Waals surface area contributed by atoms with Gasteiger partial charge in [-0.05, 0) is 59.5 Å². The van der Waals surface area contributed by atoms with E-state index in [0.717, 1.165) is 22.4 Å². The normalized spacial score (nSPS) is 12.4. The van der Waals surface area contributed by atoms with Crippen LogP contribution >= 0.6 is 0 Å². The van der Waals surface area contributed by atoms with Gasteiger partial charge in [-0.25, -0.2) is 0 Å². The van der Waals surface area contributed by atoms with Gasteiger partial charge in [-0.2, -0.15) is 0 Å². The molecule has 6 heteroatoms. The minimum atomic E-state index is -0.793. The van der Waals surface area contributed by atoms with Gasteiger partial charge in [0.2, 0.25) is 0 Å². The fourth-order valence-corrected chi connectivity index (χ4v) is 4.14. The van der Waals surface area contributed by atoms with Gasteiger partial charge < -0.3 is 25.2 Å². The van der Waals surface area contributed by atoms with Crippen LogP contribution in [0, 0.1) is 0 Å². The summed E-state index contributed by atoms with van der Waals surface area (Å²) < 4.78 is 11.1. The molecule has 2 atom stereocenters. The van der Waals surface area contributed by atoms with Crippen molar-refractivity contribution in [3.05, 3.63) is 131 Å². The van der Waals surface area contributed by atoms with Crippen LogP contribution in [0.15, 0.2) is 109 Å². The first-order valence-electron chi connectivity index (χ1n) is 12.7. The Labute approximate surface area is 224 Å². The lowest BCUT2D eigenvalue weighted by Gasteiger charge is -2.25. The Kier molecular flexibility index (Phi) is 9.90. The largest absolute Gasteiger partial charge is 0.497 e. The zero-order valence-electron chi connectivity index (χ0n) is 21.5. The third kappa shape index (κ3) is 8.20. The second kappa shape index (κ2) is 14.0. The molecule has 0 aliphatic carbocycles. The van der Waals surface area contributed by atoms with E-state index < -0.39 is 12.1 Å². The van der Waals surface area contributed by atoms with E-state index in [1.165, 1.54) is 0 Å². The summed E-state index contributed by atoms with van der Waals surface area (Å²) in [4.78, 5) is 13.1. The van der Waals surface area contributed by atoms with E-state index >= 15 is 0 Å². The molecule has 0 saturated heterocycles. The summed E-state index contributed by atoms with van der Waals surface area (Å²) in [7, 11) is 1.64. The number of carbonyl (C=O) groups is 1. The van der Waals surface area contributed by atoms with Crippen molar-refractivity contribution in [2.24, 2.45) is 0 Å². The van der Waals surface area contributed by atoms with Crippen molar-refractivity contribution in [3.63, 3.8) is 0 Å². The average Bonchev–Trinajstić information content (AvgIpc) is 2.97. The molecular weight excluding hydrogens is 476 g/mol. The molecule has 0 aliphatic heterocycles. The van der Waals surface area contributed by atoms with Gasteiger partial charge in [0.05, 0.1) is 19.3 Å². The first-order chi connectivity index (χ1) is 18.6. The molecule has 0 bridgehead atoms. The zero-order chi connectivity index (χ0) is 26.6. The third-order valence-corrected chi connectivity index (χ3v) is 6.26. The van der Waals surface area contributed by atoms with Crippen molar-refractivity contribution in [1.29, 1.82) is 0 Å². The lowest BCUT2D eigenvalue weighted by molar-refractivity contribution is 0.0830. The van der Waals surface area contributed by atoms with Gasteiger partial charge in [-0.1, -0.05) is 72.8 Å². The molecule has 0 spiro atoms. The number of carbonyl (C=O) groups excluding carboxylic acids is 1. The van der Waals surface area contributed by atoms with Gasteiger partial charge >= 0.3 is 0 Å². The minimum Gasteiger partial charge on any atom is -0.497 e. The summed E-state index contributed by atoms with van der Waals surface area (Å²) in [6.45, 7) is 1.35. The molecule has 6 nitrogen and oxygen atoms in total. The standard InChI is InChI=1S/C32H34N2O4/c1-37-29-14-8-13-26(19-29)21-33-22-31(35)30(20-24-9-4-2-5-10-24)34-32(36)27-15-17-28(18-16-27)38-23-25-11-6-3-7-12-25/h2-19,30-31,33,35H,20-23H2,1H3,(H,34,36)/t30-,31+/m0/s1. The van der Waals surface area contributed by atoms with Gasteiger partial charge in [0.15, 0.2) is 0 Å². The fraction of sp³-hybridized carbons (Fsp3) is 0.219. The first-order valence-corrected chi connectivity index (χ1v) is 12.7. The Balaban J connectivity index is 1.36. The topological polar surface area (TPSA) is 79.8 Å². The number of hydrogen-bond acceptors (Lipinski definition) is 5. The first kappa shape index (κ1) is 26.9. The summed E-state index contributed by atoms with van der Waals surface area (Å²) in [6.07, 6.45) is -0.286. The molecule has 3 N–H and O–H groups in total. The Hall–Kier alpha value is -4.13. The van der Waals surface area contributed by atoms with Crippen molar-refractivity contribution in [3.8, 4) is 11.5 Å². The molecule has 4 aromatic rings. The maximum absolute atomic E-state index is 13.1. The fourth-order valence-electron chi connectivity index (χ4n) is 4.14. The van der Waals surface area contributed by atoms with Gasteiger partial charge in [0.1, 0.15) is 18.1 Å². The minimum absolute atomic E-state index is 0.243. The van der Waals surface area contributed by atoms with E-state index in [1.807, 2.05) is 84.9 Å². The molecule has 1 amide bonds. The van der Waals surface area contributed by atoms with E-state index in [1.54, 1.807) is 31.4 Å². The van der Waals surface area contributed by atoms with Crippen LogP contribution in [-0.4, -0.2) is 36.8 Å². The molecule has 0 fully saturated rings. The molecule has 0 aromatic heterocycles. The van der Waals surface area contributed by atoms with E-state index in [0.29, 0.717) is 37.4 Å². The number of amides is 1. The number of methoxy groups -OCH3 is 1. The van der Waals surface area contributed by atoms with E-state index in [-0.39, 0.29) is 5.91 Å². The average molecular weight is 511 g/mol. The summed E-state index contributed by atoms with van der Waals surface area (Å²) in [5.41, 5.74) is 3.67. The highest BCUT2D eigenvalue weighted by Gasteiger charge is 2.22. The van der Waals surface area contributed by atoms with E-state index in [9.17, 15) is 9.90 Å². The number of benzene rings is 4. The lowest BCUT2D eigenvalue weighted by atomic mass is 10.0. The lowest BCUT2D eigenvalue weighted by Crippen LogP contribution is -2.48. The highest BCUT2D eigenvalue weighted by Crippen LogP contribution is 2.16. The van der Waals surface area contributed by atoms with Crippen LogP contribution in [0.3, 0.4) is 0 Å². The Bertz CT molecular complexity index is 1260. The van der Waals surface area contributed by atoms with E-state index in [4.69, 9.17) is 9.47 Å². The number of rotatable bonds is 13. The summed E-state index contributed by atoms with van der Waals surface area (Å²) in [5.74, 6) is 1.23. The molecule has 0 aliphatic rings. The monoisotopic (exact) mass is 510 g/mol. The number of aliphatic hydroxyl groups excluding tert-OH is 1. The van der Waals surface area contributed by atoms with Crippen LogP contribution < -0.4 is 20.1 Å². The summed E-state index contributed by atoms with van der Waals surface area (Å²) >= 11 is 0. The maximum atomic E-state index is 13.1. The Morgan fingerprint density at radius 3 is 2.13 bits per heavy atom. The molecule has 4 rings (SSSR count). The summed E-state index contributed by atoms with van der Waals surface area (Å²) in [5, 5.41) is 17.4. The predicted octanol–water partition coefficient (Wildman–Crippen LogP) is 4.77. The predicted molar refractivity (Wildman–Crippen MR) is 149 cm³/mol.